The maximum Gasteiger partial charge on any atom is 0.268 e. The van der Waals surface area contributed by atoms with Crippen molar-refractivity contribution < 1.29 is 26.0 Å². The highest BCUT2D eigenvalue weighted by Gasteiger charge is 2.35. The van der Waals surface area contributed by atoms with Crippen molar-refractivity contribution in [1.82, 2.24) is 24.3 Å². The monoisotopic (exact) mass is 475 g/mol. The van der Waals surface area contributed by atoms with E-state index in [4.69, 9.17) is 4.42 Å². The third-order valence-corrected chi connectivity index (χ3v) is 7.33. The number of aromatic nitrogens is 4. The highest BCUT2D eigenvalue weighted by Crippen LogP contribution is 2.33. The van der Waals surface area contributed by atoms with E-state index in [1.807, 2.05) is 0 Å². The first-order valence-corrected chi connectivity index (χ1v) is 11.3. The molecule has 0 saturated heterocycles. The molecule has 1 aliphatic rings. The molecule has 1 aliphatic heterocycles. The molecule has 12 heteroatoms. The standard InChI is InChI=1S/C21H16F3N5O3S/c1-28-17-8-9-29(33(30,31)18-7-6-12(22)10-16(18)24)11-14(17)19(27-28)21-26-25-20(32-21)13-4-2-3-5-15(13)23/h2-7,10H,8-9,11H2,1H3. The molecule has 0 atom stereocenters. The summed E-state index contributed by atoms with van der Waals surface area (Å²) >= 11 is 0. The van der Waals surface area contributed by atoms with Crippen LogP contribution in [0.25, 0.3) is 23.0 Å². The molecule has 4 aromatic rings. The predicted octanol–water partition coefficient (Wildman–Crippen LogP) is 3.30. The summed E-state index contributed by atoms with van der Waals surface area (Å²) in [5.41, 5.74) is 1.64. The maximum atomic E-state index is 14.2. The van der Waals surface area contributed by atoms with Gasteiger partial charge in [-0.1, -0.05) is 12.1 Å². The number of rotatable bonds is 4. The SMILES string of the molecule is Cn1nc(-c2nnc(-c3ccccc3F)o2)c2c1CCN(S(=O)(=O)c1ccc(F)cc1F)C2. The van der Waals surface area contributed by atoms with Gasteiger partial charge in [0, 0.05) is 43.9 Å². The van der Waals surface area contributed by atoms with E-state index >= 15 is 0 Å². The molecule has 2 aromatic heterocycles. The van der Waals surface area contributed by atoms with Gasteiger partial charge >= 0.3 is 0 Å². The highest BCUT2D eigenvalue weighted by atomic mass is 32.2. The number of halogens is 3. The molecule has 0 fully saturated rings. The van der Waals surface area contributed by atoms with Crippen molar-refractivity contribution in [2.24, 2.45) is 7.05 Å². The van der Waals surface area contributed by atoms with Gasteiger partial charge in [-0.05, 0) is 24.3 Å². The Morgan fingerprint density at radius 2 is 1.76 bits per heavy atom. The van der Waals surface area contributed by atoms with Gasteiger partial charge < -0.3 is 4.42 Å². The zero-order valence-corrected chi connectivity index (χ0v) is 18.0. The van der Waals surface area contributed by atoms with Crippen molar-refractivity contribution in [1.29, 1.82) is 0 Å². The average Bonchev–Trinajstić information content (AvgIpc) is 3.38. The minimum atomic E-state index is -4.25. The summed E-state index contributed by atoms with van der Waals surface area (Å²) in [4.78, 5) is -0.614. The average molecular weight is 475 g/mol. The molecule has 2 aromatic carbocycles. The van der Waals surface area contributed by atoms with Gasteiger partial charge in [0.2, 0.25) is 10.0 Å². The molecule has 0 spiro atoms. The normalized spacial score (nSPS) is 14.4. The Balaban J connectivity index is 1.52. The van der Waals surface area contributed by atoms with Gasteiger partial charge in [0.25, 0.3) is 11.8 Å². The third-order valence-electron chi connectivity index (χ3n) is 5.45. The van der Waals surface area contributed by atoms with E-state index in [1.54, 1.807) is 17.8 Å². The van der Waals surface area contributed by atoms with Crippen molar-refractivity contribution in [3.8, 4) is 23.0 Å². The Labute approximate surface area is 186 Å². The molecular formula is C21H16F3N5O3S. The zero-order chi connectivity index (χ0) is 23.3. The number of aryl methyl sites for hydroxylation is 1. The van der Waals surface area contributed by atoms with Gasteiger partial charge in [-0.2, -0.15) is 9.40 Å². The van der Waals surface area contributed by atoms with Crippen LogP contribution in [-0.4, -0.2) is 39.2 Å². The van der Waals surface area contributed by atoms with Crippen molar-refractivity contribution in [2.45, 2.75) is 17.9 Å². The Bertz CT molecular complexity index is 1480. The highest BCUT2D eigenvalue weighted by molar-refractivity contribution is 7.89. The van der Waals surface area contributed by atoms with E-state index in [-0.39, 0.29) is 36.1 Å². The lowest BCUT2D eigenvalue weighted by molar-refractivity contribution is 0.383. The van der Waals surface area contributed by atoms with Crippen molar-refractivity contribution >= 4 is 10.0 Å². The first-order chi connectivity index (χ1) is 15.8. The summed E-state index contributed by atoms with van der Waals surface area (Å²) in [7, 11) is -2.55. The quantitative estimate of drug-likeness (QED) is 0.450. The molecule has 0 radical (unpaired) electrons. The number of benzene rings is 2. The van der Waals surface area contributed by atoms with Gasteiger partial charge in [0.1, 0.15) is 22.3 Å². The van der Waals surface area contributed by atoms with Crippen molar-refractivity contribution in [2.75, 3.05) is 6.54 Å². The summed E-state index contributed by atoms with van der Waals surface area (Å²) < 4.78 is 76.0. The lowest BCUT2D eigenvalue weighted by Crippen LogP contribution is -2.36. The molecule has 0 amide bonds. The molecule has 0 N–H and O–H groups in total. The minimum Gasteiger partial charge on any atom is -0.414 e. The summed E-state index contributed by atoms with van der Waals surface area (Å²) in [5, 5.41) is 12.3. The van der Waals surface area contributed by atoms with E-state index in [2.05, 4.69) is 15.3 Å². The van der Waals surface area contributed by atoms with Crippen molar-refractivity contribution in [3.05, 3.63) is 71.2 Å². The van der Waals surface area contributed by atoms with Crippen LogP contribution in [0.4, 0.5) is 13.2 Å². The Morgan fingerprint density at radius 3 is 2.52 bits per heavy atom. The van der Waals surface area contributed by atoms with Crippen LogP contribution >= 0.6 is 0 Å². The van der Waals surface area contributed by atoms with Crippen LogP contribution in [0.15, 0.2) is 51.8 Å². The Hall–Kier alpha value is -3.51. The molecule has 0 unspecified atom stereocenters. The van der Waals surface area contributed by atoms with E-state index in [1.165, 1.54) is 18.2 Å². The van der Waals surface area contributed by atoms with E-state index in [0.29, 0.717) is 18.1 Å². The van der Waals surface area contributed by atoms with Crippen LogP contribution in [0, 0.1) is 17.5 Å². The molecule has 0 saturated carbocycles. The third kappa shape index (κ3) is 3.60. The fourth-order valence-corrected chi connectivity index (χ4v) is 5.28. The molecule has 8 nitrogen and oxygen atoms in total. The largest absolute Gasteiger partial charge is 0.414 e. The van der Waals surface area contributed by atoms with Crippen LogP contribution in [0.5, 0.6) is 0 Å². The minimum absolute atomic E-state index is 0.00249. The molecule has 0 aliphatic carbocycles. The first-order valence-electron chi connectivity index (χ1n) is 9.84. The molecule has 0 bridgehead atoms. The van der Waals surface area contributed by atoms with E-state index in [9.17, 15) is 21.6 Å². The van der Waals surface area contributed by atoms with Crippen LogP contribution in [0.1, 0.15) is 11.3 Å². The van der Waals surface area contributed by atoms with E-state index in [0.717, 1.165) is 22.1 Å². The van der Waals surface area contributed by atoms with Crippen LogP contribution in [-0.2, 0) is 30.0 Å². The molecule has 170 valence electrons. The zero-order valence-electron chi connectivity index (χ0n) is 17.2. The second-order valence-electron chi connectivity index (χ2n) is 7.45. The summed E-state index contributed by atoms with van der Waals surface area (Å²) in [6.07, 6.45) is 0.301. The summed E-state index contributed by atoms with van der Waals surface area (Å²) in [6.45, 7) is -0.0511. The Morgan fingerprint density at radius 1 is 1.00 bits per heavy atom. The number of nitrogens with zero attached hydrogens (tertiary/aromatic N) is 5. The summed E-state index contributed by atoms with van der Waals surface area (Å²) in [5.74, 6) is -2.62. The molecule has 33 heavy (non-hydrogen) atoms. The lowest BCUT2D eigenvalue weighted by atomic mass is 10.1. The number of sulfonamides is 1. The molecular weight excluding hydrogens is 459 g/mol. The molecule has 3 heterocycles. The predicted molar refractivity (Wildman–Crippen MR) is 110 cm³/mol. The second-order valence-corrected chi connectivity index (χ2v) is 9.36. The number of hydrogen-bond donors (Lipinski definition) is 0. The van der Waals surface area contributed by atoms with Crippen LogP contribution < -0.4 is 0 Å². The van der Waals surface area contributed by atoms with Gasteiger partial charge in [-0.3, -0.25) is 4.68 Å². The smallest absolute Gasteiger partial charge is 0.268 e. The Kier molecular flexibility index (Phi) is 5.05. The number of fused-ring (bicyclic) bond motifs is 1. The van der Waals surface area contributed by atoms with Gasteiger partial charge in [-0.15, -0.1) is 10.2 Å². The van der Waals surface area contributed by atoms with Crippen molar-refractivity contribution in [3.63, 3.8) is 0 Å². The van der Waals surface area contributed by atoms with Gasteiger partial charge in [0.15, 0.2) is 5.69 Å². The second kappa shape index (κ2) is 7.81. The van der Waals surface area contributed by atoms with Gasteiger partial charge in [-0.25, -0.2) is 21.6 Å². The maximum absolute atomic E-state index is 14.2. The number of hydrogen-bond acceptors (Lipinski definition) is 6. The first kappa shape index (κ1) is 21.3. The van der Waals surface area contributed by atoms with E-state index < -0.39 is 32.4 Å². The summed E-state index contributed by atoms with van der Waals surface area (Å²) in [6, 6.07) is 8.24. The fourth-order valence-electron chi connectivity index (χ4n) is 3.83. The van der Waals surface area contributed by atoms with Crippen LogP contribution in [0.3, 0.4) is 0 Å². The fraction of sp³-hybridized carbons (Fsp3) is 0.190. The van der Waals surface area contributed by atoms with Gasteiger partial charge in [0.05, 0.1) is 5.56 Å². The van der Waals surface area contributed by atoms with Crippen LogP contribution in [0.2, 0.25) is 0 Å². The lowest BCUT2D eigenvalue weighted by Gasteiger charge is -2.26. The topological polar surface area (TPSA) is 94.1 Å². The molecule has 5 rings (SSSR count).